The Hall–Kier alpha value is -0.750. The molecule has 100 valence electrons. The van der Waals surface area contributed by atoms with E-state index in [2.05, 4.69) is 50.7 Å². The van der Waals surface area contributed by atoms with E-state index in [0.29, 0.717) is 0 Å². The first kappa shape index (κ1) is 14.7. The van der Waals surface area contributed by atoms with Gasteiger partial charge in [0.25, 0.3) is 0 Å². The molecule has 0 fully saturated rings. The first-order valence-corrected chi connectivity index (χ1v) is 7.77. The molecule has 2 rings (SSSR count). The van der Waals surface area contributed by atoms with Gasteiger partial charge in [0.1, 0.15) is 0 Å². The Labute approximate surface area is 135 Å². The van der Waals surface area contributed by atoms with Crippen LogP contribution in [-0.4, -0.2) is 14.2 Å². The van der Waals surface area contributed by atoms with Crippen LogP contribution in [0.1, 0.15) is 16.0 Å². The van der Waals surface area contributed by atoms with Crippen LogP contribution in [0.5, 0.6) is 11.5 Å². The second kappa shape index (κ2) is 6.61. The number of methoxy groups -OCH3 is 2. The number of hydrogen-bond acceptors (Lipinski definition) is 2. The average Bonchev–Trinajstić information content (AvgIpc) is 2.46. The standard InChI is InChI=1S/C15H14BrIO2/c1-18-13-8-7-10(9-14(13)19-2)15(16)11-5-3-4-6-12(11)17/h3-9,15H,1-2H3. The van der Waals surface area contributed by atoms with Gasteiger partial charge in [-0.05, 0) is 51.9 Å². The zero-order valence-electron chi connectivity index (χ0n) is 10.7. The van der Waals surface area contributed by atoms with Gasteiger partial charge in [-0.15, -0.1) is 0 Å². The molecule has 19 heavy (non-hydrogen) atoms. The summed E-state index contributed by atoms with van der Waals surface area (Å²) >= 11 is 6.10. The van der Waals surface area contributed by atoms with Crippen molar-refractivity contribution in [2.24, 2.45) is 0 Å². The van der Waals surface area contributed by atoms with Crippen molar-refractivity contribution in [2.75, 3.05) is 14.2 Å². The van der Waals surface area contributed by atoms with E-state index in [1.165, 1.54) is 9.13 Å². The van der Waals surface area contributed by atoms with Crippen LogP contribution in [0.2, 0.25) is 0 Å². The molecule has 0 aliphatic rings. The van der Waals surface area contributed by atoms with Crippen molar-refractivity contribution in [3.8, 4) is 11.5 Å². The molecule has 2 nitrogen and oxygen atoms in total. The molecule has 0 radical (unpaired) electrons. The highest BCUT2D eigenvalue weighted by atomic mass is 127. The first-order valence-electron chi connectivity index (χ1n) is 5.77. The van der Waals surface area contributed by atoms with Gasteiger partial charge in [-0.25, -0.2) is 0 Å². The van der Waals surface area contributed by atoms with Crippen molar-refractivity contribution in [2.45, 2.75) is 4.83 Å². The molecule has 0 bridgehead atoms. The summed E-state index contributed by atoms with van der Waals surface area (Å²) in [4.78, 5) is 0.139. The van der Waals surface area contributed by atoms with Crippen molar-refractivity contribution >= 4 is 38.5 Å². The highest BCUT2D eigenvalue weighted by Crippen LogP contribution is 2.37. The number of benzene rings is 2. The van der Waals surface area contributed by atoms with Crippen LogP contribution >= 0.6 is 38.5 Å². The third kappa shape index (κ3) is 3.23. The van der Waals surface area contributed by atoms with Crippen molar-refractivity contribution < 1.29 is 9.47 Å². The van der Waals surface area contributed by atoms with Crippen molar-refractivity contribution in [1.82, 2.24) is 0 Å². The van der Waals surface area contributed by atoms with Gasteiger partial charge in [-0.3, -0.25) is 0 Å². The first-order chi connectivity index (χ1) is 9.17. The normalized spacial score (nSPS) is 12.0. The zero-order valence-corrected chi connectivity index (χ0v) is 14.4. The largest absolute Gasteiger partial charge is 0.493 e. The molecule has 1 unspecified atom stereocenters. The Morgan fingerprint density at radius 1 is 1.00 bits per heavy atom. The summed E-state index contributed by atoms with van der Waals surface area (Å²) in [6.07, 6.45) is 0. The van der Waals surface area contributed by atoms with E-state index in [1.807, 2.05) is 30.3 Å². The average molecular weight is 433 g/mol. The molecule has 0 amide bonds. The van der Waals surface area contributed by atoms with E-state index in [-0.39, 0.29) is 4.83 Å². The van der Waals surface area contributed by atoms with Gasteiger partial charge in [0.05, 0.1) is 19.0 Å². The van der Waals surface area contributed by atoms with Gasteiger partial charge >= 0.3 is 0 Å². The number of hydrogen-bond donors (Lipinski definition) is 0. The lowest BCUT2D eigenvalue weighted by Gasteiger charge is -2.15. The molecule has 0 aromatic heterocycles. The fourth-order valence-electron chi connectivity index (χ4n) is 1.87. The quantitative estimate of drug-likeness (QED) is 0.510. The third-order valence-corrected chi connectivity index (χ3v) is 4.88. The van der Waals surface area contributed by atoms with Crippen LogP contribution in [0, 0.1) is 3.57 Å². The fraction of sp³-hybridized carbons (Fsp3) is 0.200. The lowest BCUT2D eigenvalue weighted by Crippen LogP contribution is -1.97. The summed E-state index contributed by atoms with van der Waals surface area (Å²) in [5.41, 5.74) is 2.39. The maximum atomic E-state index is 5.35. The molecule has 0 spiro atoms. The van der Waals surface area contributed by atoms with Gasteiger partial charge in [0.15, 0.2) is 11.5 Å². The van der Waals surface area contributed by atoms with Crippen LogP contribution in [0.4, 0.5) is 0 Å². The summed E-state index contributed by atoms with van der Waals surface area (Å²) in [6, 6.07) is 14.3. The Morgan fingerprint density at radius 2 is 1.68 bits per heavy atom. The topological polar surface area (TPSA) is 18.5 Å². The SMILES string of the molecule is COc1ccc(C(Br)c2ccccc2I)cc1OC. The maximum absolute atomic E-state index is 5.35. The monoisotopic (exact) mass is 432 g/mol. The van der Waals surface area contributed by atoms with Crippen LogP contribution in [0.25, 0.3) is 0 Å². The fourth-order valence-corrected chi connectivity index (χ4v) is 3.68. The molecule has 2 aromatic rings. The Morgan fingerprint density at radius 3 is 2.32 bits per heavy atom. The second-order valence-electron chi connectivity index (χ2n) is 4.00. The summed E-state index contributed by atoms with van der Waals surface area (Å²) in [7, 11) is 3.29. The lowest BCUT2D eigenvalue weighted by molar-refractivity contribution is 0.354. The minimum Gasteiger partial charge on any atom is -0.493 e. The molecular formula is C15H14BrIO2. The van der Waals surface area contributed by atoms with Gasteiger partial charge in [-0.2, -0.15) is 0 Å². The van der Waals surface area contributed by atoms with Gasteiger partial charge in [-0.1, -0.05) is 40.2 Å². The van der Waals surface area contributed by atoms with E-state index in [4.69, 9.17) is 9.47 Å². The van der Waals surface area contributed by atoms with Crippen LogP contribution in [0.3, 0.4) is 0 Å². The smallest absolute Gasteiger partial charge is 0.161 e. The number of halogens is 2. The summed E-state index contributed by atoms with van der Waals surface area (Å²) in [6.45, 7) is 0. The Balaban J connectivity index is 2.39. The molecule has 4 heteroatoms. The Bertz CT molecular complexity index is 572. The van der Waals surface area contributed by atoms with Crippen LogP contribution < -0.4 is 9.47 Å². The minimum atomic E-state index is 0.139. The number of rotatable bonds is 4. The van der Waals surface area contributed by atoms with E-state index in [9.17, 15) is 0 Å². The molecule has 0 aliphatic carbocycles. The number of ether oxygens (including phenoxy) is 2. The molecule has 0 saturated heterocycles. The predicted octanol–water partition coefficient (Wildman–Crippen LogP) is 4.79. The van der Waals surface area contributed by atoms with E-state index >= 15 is 0 Å². The van der Waals surface area contributed by atoms with Gasteiger partial charge in [0, 0.05) is 3.57 Å². The lowest BCUT2D eigenvalue weighted by atomic mass is 10.0. The highest BCUT2D eigenvalue weighted by molar-refractivity contribution is 14.1. The Kier molecular flexibility index (Phi) is 5.10. The second-order valence-corrected chi connectivity index (χ2v) is 6.08. The molecule has 0 heterocycles. The van der Waals surface area contributed by atoms with Crippen molar-refractivity contribution in [3.63, 3.8) is 0 Å². The van der Waals surface area contributed by atoms with Crippen molar-refractivity contribution in [1.29, 1.82) is 0 Å². The van der Waals surface area contributed by atoms with Crippen LogP contribution in [-0.2, 0) is 0 Å². The minimum absolute atomic E-state index is 0.139. The molecule has 1 atom stereocenters. The maximum Gasteiger partial charge on any atom is 0.161 e. The molecule has 0 aliphatic heterocycles. The van der Waals surface area contributed by atoms with Crippen molar-refractivity contribution in [3.05, 3.63) is 57.2 Å². The van der Waals surface area contributed by atoms with E-state index < -0.39 is 0 Å². The van der Waals surface area contributed by atoms with Gasteiger partial charge in [0.2, 0.25) is 0 Å². The molecule has 0 saturated carbocycles. The summed E-state index contributed by atoms with van der Waals surface area (Å²) in [5.74, 6) is 1.49. The third-order valence-electron chi connectivity index (χ3n) is 2.88. The predicted molar refractivity (Wildman–Crippen MR) is 89.5 cm³/mol. The highest BCUT2D eigenvalue weighted by Gasteiger charge is 2.15. The zero-order chi connectivity index (χ0) is 13.8. The molecular weight excluding hydrogens is 419 g/mol. The molecule has 0 N–H and O–H groups in total. The summed E-state index contributed by atoms with van der Waals surface area (Å²) < 4.78 is 11.8. The molecule has 2 aromatic carbocycles. The van der Waals surface area contributed by atoms with Gasteiger partial charge < -0.3 is 9.47 Å². The van der Waals surface area contributed by atoms with E-state index in [0.717, 1.165) is 17.1 Å². The summed E-state index contributed by atoms with van der Waals surface area (Å²) in [5, 5.41) is 0. The van der Waals surface area contributed by atoms with Crippen LogP contribution in [0.15, 0.2) is 42.5 Å². The van der Waals surface area contributed by atoms with E-state index in [1.54, 1.807) is 14.2 Å². The number of alkyl halides is 1.